The van der Waals surface area contributed by atoms with Gasteiger partial charge < -0.3 is 15.3 Å². The van der Waals surface area contributed by atoms with Crippen molar-refractivity contribution in [1.29, 1.82) is 0 Å². The molecule has 1 saturated heterocycles. The molecule has 126 valence electrons. The van der Waals surface area contributed by atoms with Gasteiger partial charge in [0.25, 0.3) is 0 Å². The zero-order valence-electron chi connectivity index (χ0n) is 14.1. The van der Waals surface area contributed by atoms with Crippen LogP contribution in [0, 0.1) is 12.8 Å². The van der Waals surface area contributed by atoms with Crippen molar-refractivity contribution in [3.05, 3.63) is 35.4 Å². The first-order chi connectivity index (χ1) is 10.9. The molecular weight excluding hydrogens is 292 g/mol. The predicted octanol–water partition coefficient (Wildman–Crippen LogP) is 1.79. The van der Waals surface area contributed by atoms with Crippen LogP contribution in [0.25, 0.3) is 0 Å². The van der Waals surface area contributed by atoms with Crippen LogP contribution in [0.15, 0.2) is 24.3 Å². The van der Waals surface area contributed by atoms with Gasteiger partial charge in [-0.3, -0.25) is 9.59 Å². The number of hydrogen-bond donors (Lipinski definition) is 2. The third-order valence-electron chi connectivity index (χ3n) is 4.51. The fraction of sp³-hybridized carbons (Fsp3) is 0.556. The number of β-amino-alcohol motifs (C(OH)–C–C–N with tert-alkyl or cyclic N) is 1. The van der Waals surface area contributed by atoms with E-state index >= 15 is 0 Å². The first-order valence-corrected chi connectivity index (χ1v) is 8.16. The van der Waals surface area contributed by atoms with Gasteiger partial charge in [-0.2, -0.15) is 0 Å². The van der Waals surface area contributed by atoms with Crippen molar-refractivity contribution in [3.63, 3.8) is 0 Å². The minimum atomic E-state index is -0.466. The van der Waals surface area contributed by atoms with Crippen molar-refractivity contribution in [2.75, 3.05) is 13.1 Å². The smallest absolute Gasteiger partial charge is 0.225 e. The molecule has 0 spiro atoms. The molecule has 1 heterocycles. The second-order valence-corrected chi connectivity index (χ2v) is 6.54. The third-order valence-corrected chi connectivity index (χ3v) is 4.51. The maximum absolute atomic E-state index is 12.5. The van der Waals surface area contributed by atoms with Crippen LogP contribution in [0.2, 0.25) is 0 Å². The Kier molecular flexibility index (Phi) is 5.77. The number of aryl methyl sites for hydroxylation is 1. The van der Waals surface area contributed by atoms with E-state index in [0.717, 1.165) is 17.5 Å². The standard InChI is InChI=1S/C18H26N2O3/c1-12-4-6-15(7-5-12)16(19-14(3)21)10-18(23)20-9-8-13(2)17(22)11-20/h4-7,13,16-17,22H,8-11H2,1-3H3,(H,19,21). The molecule has 0 radical (unpaired) electrons. The number of nitrogens with one attached hydrogen (secondary N) is 1. The van der Waals surface area contributed by atoms with Gasteiger partial charge in [-0.1, -0.05) is 36.8 Å². The van der Waals surface area contributed by atoms with E-state index in [0.29, 0.717) is 13.1 Å². The highest BCUT2D eigenvalue weighted by molar-refractivity contribution is 5.79. The normalized spacial score (nSPS) is 22.5. The van der Waals surface area contributed by atoms with Crippen LogP contribution in [0.3, 0.4) is 0 Å². The number of piperidine rings is 1. The van der Waals surface area contributed by atoms with Gasteiger partial charge >= 0.3 is 0 Å². The molecule has 0 bridgehead atoms. The number of nitrogens with zero attached hydrogens (tertiary/aromatic N) is 1. The van der Waals surface area contributed by atoms with E-state index in [1.165, 1.54) is 6.92 Å². The Balaban J connectivity index is 2.06. The van der Waals surface area contributed by atoms with E-state index in [1.54, 1.807) is 4.90 Å². The highest BCUT2D eigenvalue weighted by Gasteiger charge is 2.29. The molecule has 0 aliphatic carbocycles. The van der Waals surface area contributed by atoms with Crippen LogP contribution >= 0.6 is 0 Å². The van der Waals surface area contributed by atoms with Gasteiger partial charge in [0.05, 0.1) is 18.6 Å². The number of carbonyl (C=O) groups excluding carboxylic acids is 2. The lowest BCUT2D eigenvalue weighted by Crippen LogP contribution is -2.46. The molecule has 0 aromatic heterocycles. The third kappa shape index (κ3) is 4.79. The fourth-order valence-corrected chi connectivity index (χ4v) is 2.88. The van der Waals surface area contributed by atoms with E-state index in [1.807, 2.05) is 38.1 Å². The number of hydrogen-bond acceptors (Lipinski definition) is 3. The highest BCUT2D eigenvalue weighted by Crippen LogP contribution is 2.22. The lowest BCUT2D eigenvalue weighted by molar-refractivity contribution is -0.136. The monoisotopic (exact) mass is 318 g/mol. The number of amides is 2. The summed E-state index contributed by atoms with van der Waals surface area (Å²) in [6, 6.07) is 7.49. The molecule has 2 N–H and O–H groups in total. The van der Waals surface area contributed by atoms with Crippen molar-refractivity contribution in [3.8, 4) is 0 Å². The van der Waals surface area contributed by atoms with Crippen LogP contribution in [0.1, 0.15) is 43.9 Å². The van der Waals surface area contributed by atoms with Gasteiger partial charge in [0.1, 0.15) is 0 Å². The summed E-state index contributed by atoms with van der Waals surface area (Å²) in [4.78, 5) is 25.7. The molecule has 1 aromatic rings. The Morgan fingerprint density at radius 3 is 2.57 bits per heavy atom. The topological polar surface area (TPSA) is 69.6 Å². The van der Waals surface area contributed by atoms with E-state index in [-0.39, 0.29) is 30.2 Å². The maximum atomic E-state index is 12.5. The number of aliphatic hydroxyl groups excluding tert-OH is 1. The molecule has 1 aromatic carbocycles. The highest BCUT2D eigenvalue weighted by atomic mass is 16.3. The van der Waals surface area contributed by atoms with Gasteiger partial charge in [0.2, 0.25) is 11.8 Å². The van der Waals surface area contributed by atoms with Crippen molar-refractivity contribution in [2.45, 2.75) is 45.8 Å². The summed E-state index contributed by atoms with van der Waals surface area (Å²) in [5.41, 5.74) is 2.06. The van der Waals surface area contributed by atoms with E-state index in [4.69, 9.17) is 0 Å². The zero-order chi connectivity index (χ0) is 17.0. The lowest BCUT2D eigenvalue weighted by atomic mass is 9.95. The summed E-state index contributed by atoms with van der Waals surface area (Å²) in [7, 11) is 0. The van der Waals surface area contributed by atoms with Crippen molar-refractivity contribution in [1.82, 2.24) is 10.2 Å². The van der Waals surface area contributed by atoms with Crippen LogP contribution in [-0.4, -0.2) is 41.0 Å². The Morgan fingerprint density at radius 2 is 2.00 bits per heavy atom. The minimum absolute atomic E-state index is 0.0322. The van der Waals surface area contributed by atoms with Crippen molar-refractivity contribution in [2.24, 2.45) is 5.92 Å². The van der Waals surface area contributed by atoms with E-state index in [9.17, 15) is 14.7 Å². The van der Waals surface area contributed by atoms with Crippen molar-refractivity contribution >= 4 is 11.8 Å². The van der Waals surface area contributed by atoms with Crippen LogP contribution in [0.4, 0.5) is 0 Å². The summed E-state index contributed by atoms with van der Waals surface area (Å²) in [6.45, 7) is 6.49. The number of rotatable bonds is 4. The Hall–Kier alpha value is -1.88. The molecule has 0 saturated carbocycles. The predicted molar refractivity (Wildman–Crippen MR) is 88.7 cm³/mol. The van der Waals surface area contributed by atoms with Crippen LogP contribution in [-0.2, 0) is 9.59 Å². The van der Waals surface area contributed by atoms with Gasteiger partial charge in [-0.25, -0.2) is 0 Å². The summed E-state index contributed by atoms with van der Waals surface area (Å²) < 4.78 is 0. The molecule has 5 nitrogen and oxygen atoms in total. The SMILES string of the molecule is CC(=O)NC(CC(=O)N1CCC(C)C(O)C1)c1ccc(C)cc1. The molecule has 3 atom stereocenters. The first kappa shape index (κ1) is 17.5. The molecular formula is C18H26N2O3. The zero-order valence-corrected chi connectivity index (χ0v) is 14.1. The van der Waals surface area contributed by atoms with Gasteiger partial charge in [-0.05, 0) is 24.8 Å². The first-order valence-electron chi connectivity index (χ1n) is 8.16. The van der Waals surface area contributed by atoms with Gasteiger partial charge in [-0.15, -0.1) is 0 Å². The Labute approximate surface area is 137 Å². The minimum Gasteiger partial charge on any atom is -0.391 e. The molecule has 1 aliphatic rings. The summed E-state index contributed by atoms with van der Waals surface area (Å²) in [5.74, 6) is 0.0354. The molecule has 2 amide bonds. The number of carbonyl (C=O) groups is 2. The number of aliphatic hydroxyl groups is 1. The second-order valence-electron chi connectivity index (χ2n) is 6.54. The summed E-state index contributed by atoms with van der Waals surface area (Å²) >= 11 is 0. The van der Waals surface area contributed by atoms with Crippen LogP contribution in [0.5, 0.6) is 0 Å². The molecule has 1 fully saturated rings. The molecule has 2 rings (SSSR count). The average Bonchev–Trinajstić information content (AvgIpc) is 2.49. The van der Waals surface area contributed by atoms with Crippen molar-refractivity contribution < 1.29 is 14.7 Å². The van der Waals surface area contributed by atoms with Gasteiger partial charge in [0.15, 0.2) is 0 Å². The van der Waals surface area contributed by atoms with E-state index in [2.05, 4.69) is 5.32 Å². The molecule has 1 aliphatic heterocycles. The Morgan fingerprint density at radius 1 is 1.35 bits per heavy atom. The number of likely N-dealkylation sites (tertiary alicyclic amines) is 1. The van der Waals surface area contributed by atoms with Gasteiger partial charge in [0, 0.05) is 20.0 Å². The summed E-state index contributed by atoms with van der Waals surface area (Å²) in [6.07, 6.45) is 0.553. The largest absolute Gasteiger partial charge is 0.391 e. The van der Waals surface area contributed by atoms with E-state index < -0.39 is 6.10 Å². The maximum Gasteiger partial charge on any atom is 0.225 e. The fourth-order valence-electron chi connectivity index (χ4n) is 2.88. The molecule has 23 heavy (non-hydrogen) atoms. The molecule has 3 unspecified atom stereocenters. The molecule has 5 heteroatoms. The number of benzene rings is 1. The Bertz CT molecular complexity index is 556. The van der Waals surface area contributed by atoms with Crippen LogP contribution < -0.4 is 5.32 Å². The lowest BCUT2D eigenvalue weighted by Gasteiger charge is -2.35. The average molecular weight is 318 g/mol. The second kappa shape index (κ2) is 7.59. The summed E-state index contributed by atoms with van der Waals surface area (Å²) in [5, 5.41) is 12.8. The quantitative estimate of drug-likeness (QED) is 0.889.